The molecule has 0 saturated carbocycles. The van der Waals surface area contributed by atoms with E-state index in [1.807, 2.05) is 0 Å². The number of nitrogens with one attached hydrogen (secondary N) is 1. The standard InChI is InChI=1S/C8H6Cl2N2.C3H6O2/c9-4-1-6(10)5-3-8(11)12-7(5)2-4;1-2-5-3-4/h1-3,12H,11H2;3H,2H2,1H3. The van der Waals surface area contributed by atoms with Crippen LogP contribution < -0.4 is 5.73 Å². The van der Waals surface area contributed by atoms with E-state index in [4.69, 9.17) is 28.9 Å². The molecule has 0 atom stereocenters. The van der Waals surface area contributed by atoms with Gasteiger partial charge in [0.15, 0.2) is 0 Å². The molecule has 0 unspecified atom stereocenters. The molecule has 0 saturated heterocycles. The average Bonchev–Trinajstić information content (AvgIpc) is 2.61. The fraction of sp³-hybridized carbons (Fsp3) is 0.182. The van der Waals surface area contributed by atoms with E-state index in [0.717, 1.165) is 10.9 Å². The molecule has 92 valence electrons. The van der Waals surface area contributed by atoms with Gasteiger partial charge in [0, 0.05) is 15.9 Å². The van der Waals surface area contributed by atoms with Crippen LogP contribution >= 0.6 is 23.2 Å². The van der Waals surface area contributed by atoms with Crippen molar-refractivity contribution in [3.63, 3.8) is 0 Å². The largest absolute Gasteiger partial charge is 0.468 e. The summed E-state index contributed by atoms with van der Waals surface area (Å²) in [7, 11) is 0. The lowest BCUT2D eigenvalue weighted by Gasteiger charge is -1.93. The van der Waals surface area contributed by atoms with Crippen LogP contribution in [0.3, 0.4) is 0 Å². The second-order valence-electron chi connectivity index (χ2n) is 3.13. The van der Waals surface area contributed by atoms with E-state index in [1.54, 1.807) is 25.1 Å². The number of benzene rings is 1. The number of H-pyrrole nitrogens is 1. The first kappa shape index (κ1) is 13.7. The zero-order valence-electron chi connectivity index (χ0n) is 9.17. The molecule has 6 heteroatoms. The number of nitrogen functional groups attached to an aromatic ring is 1. The minimum atomic E-state index is 0.431. The highest BCUT2D eigenvalue weighted by atomic mass is 35.5. The van der Waals surface area contributed by atoms with Crippen LogP contribution in [0.2, 0.25) is 10.0 Å². The summed E-state index contributed by atoms with van der Waals surface area (Å²) in [6.07, 6.45) is 0. The molecule has 0 spiro atoms. The van der Waals surface area contributed by atoms with E-state index in [0.29, 0.717) is 28.9 Å². The number of hydrogen-bond donors (Lipinski definition) is 2. The molecule has 1 aromatic carbocycles. The van der Waals surface area contributed by atoms with Crippen LogP contribution in [-0.2, 0) is 9.53 Å². The summed E-state index contributed by atoms with van der Waals surface area (Å²) in [5, 5.41) is 2.12. The van der Waals surface area contributed by atoms with Crippen molar-refractivity contribution in [1.29, 1.82) is 0 Å². The predicted molar refractivity (Wildman–Crippen MR) is 70.4 cm³/mol. The van der Waals surface area contributed by atoms with Crippen LogP contribution in [0.15, 0.2) is 18.2 Å². The molecule has 1 aromatic heterocycles. The van der Waals surface area contributed by atoms with Crippen molar-refractivity contribution in [2.45, 2.75) is 6.92 Å². The summed E-state index contributed by atoms with van der Waals surface area (Å²) in [5.41, 5.74) is 6.42. The monoisotopic (exact) mass is 274 g/mol. The first-order chi connectivity index (χ1) is 8.08. The van der Waals surface area contributed by atoms with Crippen LogP contribution in [0.1, 0.15) is 6.92 Å². The van der Waals surface area contributed by atoms with Gasteiger partial charge in [-0.2, -0.15) is 0 Å². The maximum atomic E-state index is 9.18. The molecular formula is C11H12Cl2N2O2. The van der Waals surface area contributed by atoms with Gasteiger partial charge < -0.3 is 15.5 Å². The van der Waals surface area contributed by atoms with E-state index < -0.39 is 0 Å². The zero-order valence-corrected chi connectivity index (χ0v) is 10.7. The molecule has 0 aliphatic carbocycles. The second-order valence-corrected chi connectivity index (χ2v) is 3.97. The Morgan fingerprint density at radius 3 is 2.65 bits per heavy atom. The topological polar surface area (TPSA) is 68.1 Å². The molecular weight excluding hydrogens is 263 g/mol. The number of ether oxygens (including phenoxy) is 1. The Morgan fingerprint density at radius 1 is 1.41 bits per heavy atom. The van der Waals surface area contributed by atoms with Crippen LogP contribution in [0.25, 0.3) is 10.9 Å². The Kier molecular flexibility index (Phi) is 5.12. The Bertz CT molecular complexity index is 511. The average molecular weight is 275 g/mol. The Balaban J connectivity index is 0.000000249. The van der Waals surface area contributed by atoms with Gasteiger partial charge in [0.25, 0.3) is 6.47 Å². The number of aromatic nitrogens is 1. The van der Waals surface area contributed by atoms with Crippen LogP contribution in [0, 0.1) is 0 Å². The maximum absolute atomic E-state index is 9.18. The minimum absolute atomic E-state index is 0.431. The molecule has 0 fully saturated rings. The number of carbonyl (C=O) groups is 1. The van der Waals surface area contributed by atoms with E-state index in [2.05, 4.69) is 9.72 Å². The molecule has 0 aliphatic rings. The number of anilines is 1. The summed E-state index contributed by atoms with van der Waals surface area (Å²) in [6, 6.07) is 5.27. The first-order valence-corrected chi connectivity index (χ1v) is 5.62. The third kappa shape index (κ3) is 3.84. The van der Waals surface area contributed by atoms with Gasteiger partial charge in [0.1, 0.15) is 5.82 Å². The Morgan fingerprint density at radius 2 is 2.12 bits per heavy atom. The van der Waals surface area contributed by atoms with E-state index >= 15 is 0 Å². The van der Waals surface area contributed by atoms with Gasteiger partial charge in [-0.3, -0.25) is 4.79 Å². The fourth-order valence-corrected chi connectivity index (χ4v) is 1.80. The van der Waals surface area contributed by atoms with Gasteiger partial charge in [-0.1, -0.05) is 23.2 Å². The SMILES string of the molecule is CCOC=O.Nc1cc2c(Cl)cc(Cl)cc2[nH]1. The van der Waals surface area contributed by atoms with Gasteiger partial charge in [-0.15, -0.1) is 0 Å². The highest BCUT2D eigenvalue weighted by molar-refractivity contribution is 6.38. The van der Waals surface area contributed by atoms with Crippen molar-refractivity contribution in [3.8, 4) is 0 Å². The molecule has 0 aliphatic heterocycles. The normalized spacial score (nSPS) is 9.59. The van der Waals surface area contributed by atoms with E-state index in [9.17, 15) is 4.79 Å². The highest BCUT2D eigenvalue weighted by Gasteiger charge is 2.03. The summed E-state index contributed by atoms with van der Waals surface area (Å²) in [4.78, 5) is 12.1. The lowest BCUT2D eigenvalue weighted by atomic mass is 10.2. The van der Waals surface area contributed by atoms with Gasteiger partial charge in [-0.05, 0) is 25.1 Å². The van der Waals surface area contributed by atoms with Gasteiger partial charge >= 0.3 is 0 Å². The van der Waals surface area contributed by atoms with Gasteiger partial charge in [0.2, 0.25) is 0 Å². The third-order valence-electron chi connectivity index (χ3n) is 1.91. The van der Waals surface area contributed by atoms with Crippen molar-refractivity contribution >= 4 is 46.4 Å². The molecule has 3 N–H and O–H groups in total. The molecule has 0 amide bonds. The van der Waals surface area contributed by atoms with Gasteiger partial charge in [-0.25, -0.2) is 0 Å². The number of rotatable bonds is 2. The summed E-state index contributed by atoms with van der Waals surface area (Å²) in [6.45, 7) is 2.66. The number of hydrogen-bond acceptors (Lipinski definition) is 3. The van der Waals surface area contributed by atoms with Crippen molar-refractivity contribution in [2.75, 3.05) is 12.3 Å². The Hall–Kier alpha value is -1.39. The van der Waals surface area contributed by atoms with Crippen molar-refractivity contribution < 1.29 is 9.53 Å². The third-order valence-corrected chi connectivity index (χ3v) is 2.44. The highest BCUT2D eigenvalue weighted by Crippen LogP contribution is 2.28. The quantitative estimate of drug-likeness (QED) is 0.827. The molecule has 2 rings (SSSR count). The summed E-state index contributed by atoms with van der Waals surface area (Å²) < 4.78 is 4.15. The van der Waals surface area contributed by atoms with Crippen LogP contribution in [-0.4, -0.2) is 18.1 Å². The van der Waals surface area contributed by atoms with Crippen molar-refractivity contribution in [2.24, 2.45) is 0 Å². The fourth-order valence-electron chi connectivity index (χ4n) is 1.25. The van der Waals surface area contributed by atoms with Crippen LogP contribution in [0.4, 0.5) is 5.82 Å². The number of carbonyl (C=O) groups excluding carboxylic acids is 1. The molecule has 0 radical (unpaired) electrons. The molecule has 2 aromatic rings. The zero-order chi connectivity index (χ0) is 12.8. The molecule has 0 bridgehead atoms. The lowest BCUT2D eigenvalue weighted by Crippen LogP contribution is -1.80. The molecule has 4 nitrogen and oxygen atoms in total. The number of fused-ring (bicyclic) bond motifs is 1. The number of nitrogens with two attached hydrogens (primary N) is 1. The smallest absolute Gasteiger partial charge is 0.293 e. The summed E-state index contributed by atoms with van der Waals surface area (Å²) >= 11 is 11.7. The predicted octanol–water partition coefficient (Wildman–Crippen LogP) is 3.24. The first-order valence-electron chi connectivity index (χ1n) is 4.87. The van der Waals surface area contributed by atoms with E-state index in [-0.39, 0.29) is 0 Å². The van der Waals surface area contributed by atoms with E-state index in [1.165, 1.54) is 0 Å². The minimum Gasteiger partial charge on any atom is -0.468 e. The molecule has 17 heavy (non-hydrogen) atoms. The maximum Gasteiger partial charge on any atom is 0.293 e. The van der Waals surface area contributed by atoms with Crippen LogP contribution in [0.5, 0.6) is 0 Å². The lowest BCUT2D eigenvalue weighted by molar-refractivity contribution is -0.128. The second kappa shape index (κ2) is 6.37. The van der Waals surface area contributed by atoms with Crippen molar-refractivity contribution in [3.05, 3.63) is 28.2 Å². The van der Waals surface area contributed by atoms with Gasteiger partial charge in [0.05, 0.1) is 11.6 Å². The van der Waals surface area contributed by atoms with Crippen molar-refractivity contribution in [1.82, 2.24) is 4.98 Å². The molecule has 1 heterocycles. The Labute approximate surface area is 109 Å². The number of halogens is 2. The summed E-state index contributed by atoms with van der Waals surface area (Å²) in [5.74, 6) is 0.592. The number of aromatic amines is 1.